The topological polar surface area (TPSA) is 21.3 Å². The zero-order chi connectivity index (χ0) is 14.0. The first-order chi connectivity index (χ1) is 8.94. The van der Waals surface area contributed by atoms with Gasteiger partial charge in [0, 0.05) is 6.04 Å². The van der Waals surface area contributed by atoms with Crippen LogP contribution in [0.15, 0.2) is 0 Å². The van der Waals surface area contributed by atoms with Gasteiger partial charge in [-0.25, -0.2) is 0 Å². The van der Waals surface area contributed by atoms with Crippen molar-refractivity contribution in [2.45, 2.75) is 84.5 Å². The summed E-state index contributed by atoms with van der Waals surface area (Å²) in [7, 11) is 2.10. The molecule has 112 valence electrons. The summed E-state index contributed by atoms with van der Waals surface area (Å²) in [6.45, 7) is 9.55. The molecule has 2 nitrogen and oxygen atoms in total. The molecule has 2 fully saturated rings. The Kier molecular flexibility index (Phi) is 4.94. The smallest absolute Gasteiger partial charge is 0.0736 e. The third-order valence-electron chi connectivity index (χ3n) is 5.75. The van der Waals surface area contributed by atoms with Crippen LogP contribution < -0.4 is 5.32 Å². The summed E-state index contributed by atoms with van der Waals surface area (Å²) >= 11 is 0. The summed E-state index contributed by atoms with van der Waals surface area (Å²) in [4.78, 5) is 0. The highest BCUT2D eigenvalue weighted by Gasteiger charge is 2.40. The van der Waals surface area contributed by atoms with Crippen molar-refractivity contribution in [1.29, 1.82) is 0 Å². The lowest BCUT2D eigenvalue weighted by Gasteiger charge is -2.45. The zero-order valence-electron chi connectivity index (χ0n) is 13.5. The highest BCUT2D eigenvalue weighted by atomic mass is 16.5. The molecule has 0 aromatic heterocycles. The van der Waals surface area contributed by atoms with Crippen LogP contribution in [-0.2, 0) is 4.74 Å². The normalized spacial score (nSPS) is 43.1. The van der Waals surface area contributed by atoms with E-state index in [-0.39, 0.29) is 0 Å². The van der Waals surface area contributed by atoms with E-state index < -0.39 is 0 Å². The first kappa shape index (κ1) is 15.3. The highest BCUT2D eigenvalue weighted by Crippen LogP contribution is 2.39. The Morgan fingerprint density at radius 3 is 2.42 bits per heavy atom. The highest BCUT2D eigenvalue weighted by molar-refractivity contribution is 4.94. The van der Waals surface area contributed by atoms with Gasteiger partial charge in [-0.05, 0) is 56.4 Å². The van der Waals surface area contributed by atoms with Crippen molar-refractivity contribution in [1.82, 2.24) is 5.32 Å². The minimum atomic E-state index is 0.366. The van der Waals surface area contributed by atoms with E-state index in [1.807, 2.05) is 0 Å². The molecular formula is C17H33NO. The predicted octanol–water partition coefficient (Wildman–Crippen LogP) is 3.99. The molecule has 2 aliphatic rings. The Hall–Kier alpha value is -0.0800. The van der Waals surface area contributed by atoms with E-state index >= 15 is 0 Å². The standard InChI is InChI=1S/C17H33NO/c1-12-8-9-14(11-13(12)2)19-15-7-6-10-17(3,4)16(15)18-5/h12-16,18H,6-11H2,1-5H3. The van der Waals surface area contributed by atoms with Gasteiger partial charge in [0.1, 0.15) is 0 Å². The van der Waals surface area contributed by atoms with Crippen molar-refractivity contribution >= 4 is 0 Å². The van der Waals surface area contributed by atoms with Crippen molar-refractivity contribution in [3.8, 4) is 0 Å². The molecular weight excluding hydrogens is 234 g/mol. The number of nitrogens with one attached hydrogen (secondary N) is 1. The first-order valence-electron chi connectivity index (χ1n) is 8.26. The summed E-state index contributed by atoms with van der Waals surface area (Å²) < 4.78 is 6.53. The number of likely N-dealkylation sites (N-methyl/N-ethyl adjacent to an activating group) is 1. The second kappa shape index (κ2) is 6.13. The number of rotatable bonds is 3. The third-order valence-corrected chi connectivity index (χ3v) is 5.75. The molecule has 0 bridgehead atoms. The summed E-state index contributed by atoms with van der Waals surface area (Å²) in [5.74, 6) is 1.70. The van der Waals surface area contributed by atoms with Gasteiger partial charge >= 0.3 is 0 Å². The molecule has 2 rings (SSSR count). The fourth-order valence-corrected chi connectivity index (χ4v) is 4.18. The van der Waals surface area contributed by atoms with Gasteiger partial charge in [-0.3, -0.25) is 0 Å². The molecule has 0 saturated heterocycles. The maximum Gasteiger partial charge on any atom is 0.0736 e. The molecule has 5 atom stereocenters. The minimum absolute atomic E-state index is 0.366. The van der Waals surface area contributed by atoms with Crippen LogP contribution in [0.3, 0.4) is 0 Å². The van der Waals surface area contributed by atoms with Gasteiger partial charge in [0.25, 0.3) is 0 Å². The van der Waals surface area contributed by atoms with Crippen LogP contribution in [0.25, 0.3) is 0 Å². The largest absolute Gasteiger partial charge is 0.373 e. The van der Waals surface area contributed by atoms with E-state index in [1.54, 1.807) is 0 Å². The van der Waals surface area contributed by atoms with Crippen LogP contribution in [0.2, 0.25) is 0 Å². The molecule has 2 saturated carbocycles. The van der Waals surface area contributed by atoms with E-state index in [2.05, 4.69) is 40.1 Å². The second-order valence-electron chi connectivity index (χ2n) is 7.71. The molecule has 2 aliphatic carbocycles. The fourth-order valence-electron chi connectivity index (χ4n) is 4.18. The van der Waals surface area contributed by atoms with Crippen LogP contribution in [0.5, 0.6) is 0 Å². The maximum atomic E-state index is 6.53. The average molecular weight is 267 g/mol. The van der Waals surface area contributed by atoms with Gasteiger partial charge < -0.3 is 10.1 Å². The zero-order valence-corrected chi connectivity index (χ0v) is 13.5. The SMILES string of the molecule is CNC1C(OC2CCC(C)C(C)C2)CCCC1(C)C. The number of hydrogen-bond donors (Lipinski definition) is 1. The Balaban J connectivity index is 1.94. The quantitative estimate of drug-likeness (QED) is 0.834. The number of ether oxygens (including phenoxy) is 1. The van der Waals surface area contributed by atoms with Crippen LogP contribution in [0.1, 0.15) is 66.2 Å². The molecule has 0 radical (unpaired) electrons. The van der Waals surface area contributed by atoms with E-state index in [9.17, 15) is 0 Å². The molecule has 0 aromatic carbocycles. The molecule has 2 heteroatoms. The molecule has 0 amide bonds. The van der Waals surface area contributed by atoms with E-state index in [4.69, 9.17) is 4.74 Å². The van der Waals surface area contributed by atoms with E-state index in [0.717, 1.165) is 11.8 Å². The van der Waals surface area contributed by atoms with Crippen LogP contribution in [0, 0.1) is 17.3 Å². The van der Waals surface area contributed by atoms with E-state index in [0.29, 0.717) is 23.7 Å². The van der Waals surface area contributed by atoms with Gasteiger partial charge in [0.15, 0.2) is 0 Å². The third kappa shape index (κ3) is 3.52. The van der Waals surface area contributed by atoms with Crippen molar-refractivity contribution in [2.24, 2.45) is 17.3 Å². The molecule has 0 aromatic rings. The monoisotopic (exact) mass is 267 g/mol. The lowest BCUT2D eigenvalue weighted by Crippen LogP contribution is -2.53. The minimum Gasteiger partial charge on any atom is -0.373 e. The molecule has 5 unspecified atom stereocenters. The average Bonchev–Trinajstić information content (AvgIpc) is 2.33. The lowest BCUT2D eigenvalue weighted by atomic mass is 9.71. The Morgan fingerprint density at radius 1 is 1.05 bits per heavy atom. The molecule has 0 heterocycles. The first-order valence-corrected chi connectivity index (χ1v) is 8.26. The summed E-state index contributed by atoms with van der Waals surface area (Å²) in [5.41, 5.74) is 0.366. The van der Waals surface area contributed by atoms with Crippen molar-refractivity contribution in [3.63, 3.8) is 0 Å². The van der Waals surface area contributed by atoms with Crippen molar-refractivity contribution < 1.29 is 4.74 Å². The summed E-state index contributed by atoms with van der Waals surface area (Å²) in [5, 5.41) is 3.53. The fraction of sp³-hybridized carbons (Fsp3) is 1.00. The van der Waals surface area contributed by atoms with Crippen LogP contribution in [-0.4, -0.2) is 25.3 Å². The van der Waals surface area contributed by atoms with Gasteiger partial charge in [-0.2, -0.15) is 0 Å². The van der Waals surface area contributed by atoms with Gasteiger partial charge in [0.05, 0.1) is 12.2 Å². The molecule has 1 N–H and O–H groups in total. The summed E-state index contributed by atoms with van der Waals surface area (Å²) in [6.07, 6.45) is 8.64. The molecule has 0 aliphatic heterocycles. The lowest BCUT2D eigenvalue weighted by molar-refractivity contribution is -0.0953. The van der Waals surface area contributed by atoms with Gasteiger partial charge in [-0.15, -0.1) is 0 Å². The Labute approximate surface area is 119 Å². The number of hydrogen-bond acceptors (Lipinski definition) is 2. The molecule has 19 heavy (non-hydrogen) atoms. The Bertz CT molecular complexity index is 289. The Morgan fingerprint density at radius 2 is 1.79 bits per heavy atom. The van der Waals surface area contributed by atoms with Crippen molar-refractivity contribution in [3.05, 3.63) is 0 Å². The summed E-state index contributed by atoms with van der Waals surface area (Å²) in [6, 6.07) is 0.510. The second-order valence-corrected chi connectivity index (χ2v) is 7.71. The molecule has 0 spiro atoms. The maximum absolute atomic E-state index is 6.53. The van der Waals surface area contributed by atoms with Gasteiger partial charge in [0.2, 0.25) is 0 Å². The van der Waals surface area contributed by atoms with Crippen molar-refractivity contribution in [2.75, 3.05) is 7.05 Å². The van der Waals surface area contributed by atoms with Crippen LogP contribution in [0.4, 0.5) is 0 Å². The van der Waals surface area contributed by atoms with Crippen LogP contribution >= 0.6 is 0 Å². The van der Waals surface area contributed by atoms with Gasteiger partial charge in [-0.1, -0.05) is 34.1 Å². The van der Waals surface area contributed by atoms with E-state index in [1.165, 1.54) is 38.5 Å². The predicted molar refractivity (Wildman–Crippen MR) is 81.3 cm³/mol.